The molecule has 0 bridgehead atoms. The molecular formula is C16H16N14O2. The van der Waals surface area contributed by atoms with Crippen LogP contribution in [-0.4, -0.2) is 70.4 Å². The minimum Gasteiger partial charge on any atom is -0.267 e. The van der Waals surface area contributed by atoms with Crippen LogP contribution in [0.2, 0.25) is 0 Å². The van der Waals surface area contributed by atoms with E-state index in [9.17, 15) is 9.59 Å². The smallest absolute Gasteiger partial charge is 0.267 e. The Kier molecular flexibility index (Phi) is 4.65. The molecule has 0 saturated carbocycles. The SMILES string of the molecule is CC(Cn1cnnn1)n1nnc2cc3c(=O)n(C(C)Cn4ncnn4)nnc3cc2c1=O. The second-order valence-electron chi connectivity index (χ2n) is 7.29. The fourth-order valence-corrected chi connectivity index (χ4v) is 3.38. The van der Waals surface area contributed by atoms with Gasteiger partial charge in [-0.05, 0) is 41.6 Å². The lowest BCUT2D eigenvalue weighted by molar-refractivity contribution is 0.354. The van der Waals surface area contributed by atoms with Gasteiger partial charge in [0.25, 0.3) is 11.1 Å². The highest BCUT2D eigenvalue weighted by molar-refractivity contribution is 5.93. The van der Waals surface area contributed by atoms with Crippen molar-refractivity contribution in [3.8, 4) is 0 Å². The highest BCUT2D eigenvalue weighted by atomic mass is 16.1. The zero-order chi connectivity index (χ0) is 22.2. The molecule has 0 spiro atoms. The Morgan fingerprint density at radius 2 is 1.44 bits per heavy atom. The Bertz CT molecular complexity index is 1390. The number of fused-ring (bicyclic) bond motifs is 2. The third-order valence-electron chi connectivity index (χ3n) is 4.99. The van der Waals surface area contributed by atoms with Crippen molar-refractivity contribution in [3.05, 3.63) is 45.5 Å². The summed E-state index contributed by atoms with van der Waals surface area (Å²) in [5, 5.41) is 39.2. The first-order valence-corrected chi connectivity index (χ1v) is 9.61. The van der Waals surface area contributed by atoms with E-state index in [1.165, 1.54) is 43.6 Å². The molecule has 32 heavy (non-hydrogen) atoms. The number of benzene rings is 1. The van der Waals surface area contributed by atoms with Crippen LogP contribution in [0.1, 0.15) is 25.9 Å². The van der Waals surface area contributed by atoms with Gasteiger partial charge in [0, 0.05) is 0 Å². The van der Waals surface area contributed by atoms with Crippen molar-refractivity contribution in [2.75, 3.05) is 0 Å². The van der Waals surface area contributed by atoms with Gasteiger partial charge in [-0.2, -0.15) is 4.80 Å². The van der Waals surface area contributed by atoms with Crippen molar-refractivity contribution in [3.63, 3.8) is 0 Å². The van der Waals surface area contributed by atoms with Gasteiger partial charge in [0.05, 0.1) is 35.9 Å². The van der Waals surface area contributed by atoms with Crippen molar-refractivity contribution in [2.24, 2.45) is 0 Å². The molecular weight excluding hydrogens is 420 g/mol. The van der Waals surface area contributed by atoms with E-state index >= 15 is 0 Å². The standard InChI is InChI=1S/C16H16N14O2/c1-9(5-27-8-18-22-26-27)29-15(31)11-3-14-12(4-13(11)20-24-29)16(32)30(25-21-14)10(2)6-28-19-7-17-23-28/h3-4,7-10H,5-6H2,1-2H3. The van der Waals surface area contributed by atoms with E-state index in [4.69, 9.17) is 0 Å². The predicted molar refractivity (Wildman–Crippen MR) is 106 cm³/mol. The minimum absolute atomic E-state index is 0.277. The molecule has 1 aromatic carbocycles. The molecule has 5 rings (SSSR count). The molecule has 0 amide bonds. The highest BCUT2D eigenvalue weighted by Gasteiger charge is 2.17. The maximum atomic E-state index is 13.0. The molecule has 0 radical (unpaired) electrons. The molecule has 16 nitrogen and oxygen atoms in total. The topological polar surface area (TPSA) is 183 Å². The van der Waals surface area contributed by atoms with Gasteiger partial charge >= 0.3 is 0 Å². The molecule has 4 heterocycles. The maximum Gasteiger partial charge on any atom is 0.277 e. The summed E-state index contributed by atoms with van der Waals surface area (Å²) in [5.74, 6) is 0. The Morgan fingerprint density at radius 1 is 0.812 bits per heavy atom. The van der Waals surface area contributed by atoms with Crippen molar-refractivity contribution >= 4 is 21.8 Å². The average Bonchev–Trinajstić information content (AvgIpc) is 3.48. The Hall–Kier alpha value is -4.50. The number of rotatable bonds is 6. The van der Waals surface area contributed by atoms with E-state index in [2.05, 4.69) is 51.6 Å². The summed E-state index contributed by atoms with van der Waals surface area (Å²) in [7, 11) is 0. The Balaban J connectivity index is 1.54. The predicted octanol–water partition coefficient (Wildman–Crippen LogP) is -1.61. The number of hydrogen-bond acceptors (Lipinski definition) is 12. The number of aromatic nitrogens is 14. The summed E-state index contributed by atoms with van der Waals surface area (Å²) < 4.78 is 3.98. The lowest BCUT2D eigenvalue weighted by Gasteiger charge is -2.14. The summed E-state index contributed by atoms with van der Waals surface area (Å²) in [6, 6.07) is 2.27. The van der Waals surface area contributed by atoms with Crippen molar-refractivity contribution in [2.45, 2.75) is 39.0 Å². The van der Waals surface area contributed by atoms with Gasteiger partial charge in [0.1, 0.15) is 17.4 Å². The lowest BCUT2D eigenvalue weighted by atomic mass is 10.1. The molecule has 5 aromatic rings. The quantitative estimate of drug-likeness (QED) is 0.278. The fraction of sp³-hybridized carbons (Fsp3) is 0.375. The largest absolute Gasteiger partial charge is 0.277 e. The molecule has 162 valence electrons. The number of nitrogens with zero attached hydrogens (tertiary/aromatic N) is 14. The van der Waals surface area contributed by atoms with E-state index in [1.54, 1.807) is 13.8 Å². The van der Waals surface area contributed by atoms with Crippen LogP contribution < -0.4 is 11.1 Å². The summed E-state index contributed by atoms with van der Waals surface area (Å²) >= 11 is 0. The zero-order valence-electron chi connectivity index (χ0n) is 17.0. The van der Waals surface area contributed by atoms with Crippen molar-refractivity contribution in [1.29, 1.82) is 0 Å². The highest BCUT2D eigenvalue weighted by Crippen LogP contribution is 2.15. The Labute approximate surface area is 177 Å². The average molecular weight is 436 g/mol. The molecule has 16 heteroatoms. The summed E-state index contributed by atoms with van der Waals surface area (Å²) in [5.41, 5.74) is -0.165. The van der Waals surface area contributed by atoms with E-state index in [1.807, 2.05) is 0 Å². The molecule has 2 unspecified atom stereocenters. The van der Waals surface area contributed by atoms with Crippen LogP contribution in [-0.2, 0) is 13.1 Å². The second-order valence-corrected chi connectivity index (χ2v) is 7.29. The normalized spacial score (nSPS) is 13.6. The van der Waals surface area contributed by atoms with Crippen LogP contribution in [0.15, 0.2) is 34.4 Å². The van der Waals surface area contributed by atoms with Crippen LogP contribution in [0.4, 0.5) is 0 Å². The van der Waals surface area contributed by atoms with Gasteiger partial charge in [-0.1, -0.05) is 10.4 Å². The van der Waals surface area contributed by atoms with Crippen LogP contribution in [0.5, 0.6) is 0 Å². The molecule has 0 saturated heterocycles. The third-order valence-corrected chi connectivity index (χ3v) is 4.99. The first kappa shape index (κ1) is 19.5. The van der Waals surface area contributed by atoms with Gasteiger partial charge in [-0.15, -0.1) is 25.5 Å². The fourth-order valence-electron chi connectivity index (χ4n) is 3.38. The first-order valence-electron chi connectivity index (χ1n) is 9.61. The second kappa shape index (κ2) is 7.64. The lowest BCUT2D eigenvalue weighted by Crippen LogP contribution is -2.31. The number of hydrogen-bond donors (Lipinski definition) is 0. The van der Waals surface area contributed by atoms with E-state index in [0.717, 1.165) is 0 Å². The molecule has 0 aliphatic rings. The minimum atomic E-state index is -0.379. The maximum absolute atomic E-state index is 13.0. The van der Waals surface area contributed by atoms with Crippen LogP contribution in [0.3, 0.4) is 0 Å². The van der Waals surface area contributed by atoms with Gasteiger partial charge in [0.2, 0.25) is 0 Å². The summed E-state index contributed by atoms with van der Waals surface area (Å²) in [6.07, 6.45) is 2.76. The van der Waals surface area contributed by atoms with Gasteiger partial charge < -0.3 is 0 Å². The first-order chi connectivity index (χ1) is 15.5. The van der Waals surface area contributed by atoms with Gasteiger partial charge in [0.15, 0.2) is 6.33 Å². The molecule has 0 N–H and O–H groups in total. The number of tetrazole rings is 2. The molecule has 4 aromatic heterocycles. The summed E-state index contributed by atoms with van der Waals surface area (Å²) in [4.78, 5) is 27.4. The molecule has 0 aliphatic carbocycles. The van der Waals surface area contributed by atoms with E-state index in [0.29, 0.717) is 6.54 Å². The third kappa shape index (κ3) is 3.36. The zero-order valence-corrected chi connectivity index (χ0v) is 17.0. The van der Waals surface area contributed by atoms with Crippen molar-refractivity contribution in [1.82, 2.24) is 70.4 Å². The van der Waals surface area contributed by atoms with Crippen LogP contribution in [0, 0.1) is 0 Å². The van der Waals surface area contributed by atoms with Crippen LogP contribution >= 0.6 is 0 Å². The van der Waals surface area contributed by atoms with Gasteiger partial charge in [-0.3, -0.25) is 9.59 Å². The monoisotopic (exact) mass is 436 g/mol. The van der Waals surface area contributed by atoms with Gasteiger partial charge in [-0.25, -0.2) is 14.0 Å². The Morgan fingerprint density at radius 3 is 1.97 bits per heavy atom. The van der Waals surface area contributed by atoms with Crippen molar-refractivity contribution < 1.29 is 0 Å². The molecule has 0 fully saturated rings. The van der Waals surface area contributed by atoms with E-state index in [-0.39, 0.29) is 51.6 Å². The van der Waals surface area contributed by atoms with E-state index < -0.39 is 0 Å². The molecule has 0 aliphatic heterocycles. The molecule has 2 atom stereocenters. The van der Waals surface area contributed by atoms with Crippen LogP contribution in [0.25, 0.3) is 21.8 Å². The summed E-state index contributed by atoms with van der Waals surface area (Å²) in [6.45, 7) is 4.21.